The lowest BCUT2D eigenvalue weighted by Gasteiger charge is -2.19. The first-order valence-corrected chi connectivity index (χ1v) is 5.97. The van der Waals surface area contributed by atoms with Gasteiger partial charge in [0.05, 0.1) is 11.6 Å². The van der Waals surface area contributed by atoms with E-state index >= 15 is 0 Å². The van der Waals surface area contributed by atoms with Gasteiger partial charge < -0.3 is 5.32 Å². The van der Waals surface area contributed by atoms with Crippen molar-refractivity contribution in [2.24, 2.45) is 0 Å². The highest BCUT2D eigenvalue weighted by atomic mass is 19.1. The Morgan fingerprint density at radius 2 is 2.00 bits per heavy atom. The summed E-state index contributed by atoms with van der Waals surface area (Å²) in [6, 6.07) is 4.14. The van der Waals surface area contributed by atoms with Crippen LogP contribution in [0.25, 0.3) is 0 Å². The number of hydrogen-bond acceptors (Lipinski definition) is 2. The third-order valence-electron chi connectivity index (χ3n) is 3.11. The maximum atomic E-state index is 13.6. The van der Waals surface area contributed by atoms with E-state index in [1.807, 2.05) is 0 Å². The third-order valence-corrected chi connectivity index (χ3v) is 3.11. The minimum Gasteiger partial charge on any atom is -0.309 e. The van der Waals surface area contributed by atoms with E-state index in [0.29, 0.717) is 0 Å². The molecule has 2 rings (SSSR count). The minimum atomic E-state index is -0.662. The number of nitrogens with one attached hydrogen (secondary N) is 1. The molecule has 0 spiro atoms. The van der Waals surface area contributed by atoms with Gasteiger partial charge in [-0.1, -0.05) is 12.2 Å². The van der Waals surface area contributed by atoms with Gasteiger partial charge in [0, 0.05) is 18.2 Å². The lowest BCUT2D eigenvalue weighted by atomic mass is 10.0. The zero-order valence-electron chi connectivity index (χ0n) is 9.92. The summed E-state index contributed by atoms with van der Waals surface area (Å²) in [5.41, 5.74) is 0.0119. The van der Waals surface area contributed by atoms with Gasteiger partial charge in [-0.15, -0.1) is 0 Å². The van der Waals surface area contributed by atoms with Gasteiger partial charge in [0.2, 0.25) is 0 Å². The van der Waals surface area contributed by atoms with E-state index in [-0.39, 0.29) is 23.7 Å². The van der Waals surface area contributed by atoms with E-state index in [9.17, 15) is 8.78 Å². The molecular formula is C14H14F2N2. The Bertz CT molecular complexity index is 480. The van der Waals surface area contributed by atoms with Crippen LogP contribution in [0.1, 0.15) is 30.4 Å². The van der Waals surface area contributed by atoms with Gasteiger partial charge in [-0.05, 0) is 31.4 Å². The topological polar surface area (TPSA) is 35.8 Å². The van der Waals surface area contributed by atoms with E-state index in [1.165, 1.54) is 0 Å². The van der Waals surface area contributed by atoms with Gasteiger partial charge in [-0.25, -0.2) is 8.78 Å². The molecule has 1 aliphatic rings. The minimum absolute atomic E-state index is 0.00329. The first kappa shape index (κ1) is 12.7. The average Bonchev–Trinajstić information content (AvgIpc) is 2.38. The highest BCUT2D eigenvalue weighted by Crippen LogP contribution is 2.17. The monoisotopic (exact) mass is 248 g/mol. The Kier molecular flexibility index (Phi) is 4.06. The number of allylic oxidation sites excluding steroid dienone is 1. The molecule has 0 saturated carbocycles. The van der Waals surface area contributed by atoms with Gasteiger partial charge in [-0.2, -0.15) is 5.26 Å². The van der Waals surface area contributed by atoms with Gasteiger partial charge in [0.1, 0.15) is 11.6 Å². The molecule has 94 valence electrons. The number of nitriles is 1. The number of halogens is 2. The molecule has 18 heavy (non-hydrogen) atoms. The van der Waals surface area contributed by atoms with E-state index < -0.39 is 11.6 Å². The van der Waals surface area contributed by atoms with Crippen molar-refractivity contribution >= 4 is 0 Å². The Hall–Kier alpha value is -1.73. The summed E-state index contributed by atoms with van der Waals surface area (Å²) in [5, 5.41) is 11.7. The highest BCUT2D eigenvalue weighted by molar-refractivity contribution is 5.34. The van der Waals surface area contributed by atoms with Crippen LogP contribution in [0.3, 0.4) is 0 Å². The van der Waals surface area contributed by atoms with Crippen LogP contribution >= 0.6 is 0 Å². The second-order valence-electron chi connectivity index (χ2n) is 4.39. The predicted molar refractivity (Wildman–Crippen MR) is 64.7 cm³/mol. The van der Waals surface area contributed by atoms with Crippen molar-refractivity contribution in [1.82, 2.24) is 5.32 Å². The highest BCUT2D eigenvalue weighted by Gasteiger charge is 2.14. The molecule has 0 aromatic heterocycles. The number of rotatable bonds is 3. The first-order valence-electron chi connectivity index (χ1n) is 5.97. The molecule has 0 bridgehead atoms. The molecule has 1 atom stereocenters. The summed E-state index contributed by atoms with van der Waals surface area (Å²) in [5.74, 6) is -1.32. The van der Waals surface area contributed by atoms with Gasteiger partial charge in [0.25, 0.3) is 0 Å². The van der Waals surface area contributed by atoms with Crippen LogP contribution in [0, 0.1) is 23.0 Å². The number of hydrogen-bond donors (Lipinski definition) is 1. The van der Waals surface area contributed by atoms with Crippen LogP contribution in [0.4, 0.5) is 8.78 Å². The fourth-order valence-electron chi connectivity index (χ4n) is 2.06. The Morgan fingerprint density at radius 1 is 1.28 bits per heavy atom. The zero-order chi connectivity index (χ0) is 13.0. The quantitative estimate of drug-likeness (QED) is 0.834. The van der Waals surface area contributed by atoms with Crippen LogP contribution in [0.2, 0.25) is 0 Å². The lowest BCUT2D eigenvalue weighted by Crippen LogP contribution is -2.29. The smallest absolute Gasteiger partial charge is 0.131 e. The molecule has 1 aromatic rings. The van der Waals surface area contributed by atoms with Gasteiger partial charge in [0.15, 0.2) is 0 Å². The summed E-state index contributed by atoms with van der Waals surface area (Å²) in [6.07, 6.45) is 7.05. The fraction of sp³-hybridized carbons (Fsp3) is 0.357. The largest absolute Gasteiger partial charge is 0.309 e. The SMILES string of the molecule is N#Cc1cc(F)c(CNC2CC=CCC2)c(F)c1. The van der Waals surface area contributed by atoms with Gasteiger partial charge >= 0.3 is 0 Å². The Morgan fingerprint density at radius 3 is 2.56 bits per heavy atom. The van der Waals surface area contributed by atoms with E-state index in [2.05, 4.69) is 17.5 Å². The number of nitrogens with zero attached hydrogens (tertiary/aromatic N) is 1. The van der Waals surface area contributed by atoms with Crippen molar-refractivity contribution in [2.75, 3.05) is 0 Å². The predicted octanol–water partition coefficient (Wildman–Crippen LogP) is 3.03. The molecule has 1 unspecified atom stereocenters. The molecule has 1 N–H and O–H groups in total. The average molecular weight is 248 g/mol. The van der Waals surface area contributed by atoms with Crippen LogP contribution < -0.4 is 5.32 Å². The Labute approximate surface area is 105 Å². The number of benzene rings is 1. The molecule has 1 aliphatic carbocycles. The maximum absolute atomic E-state index is 13.6. The van der Waals surface area contributed by atoms with Crippen LogP contribution in [-0.2, 0) is 6.54 Å². The molecule has 0 heterocycles. The molecule has 0 radical (unpaired) electrons. The van der Waals surface area contributed by atoms with Crippen molar-refractivity contribution in [1.29, 1.82) is 5.26 Å². The first-order chi connectivity index (χ1) is 8.70. The molecular weight excluding hydrogens is 234 g/mol. The van der Waals surface area contributed by atoms with Crippen LogP contribution in [-0.4, -0.2) is 6.04 Å². The summed E-state index contributed by atoms with van der Waals surface area (Å²) < 4.78 is 27.2. The molecule has 0 aliphatic heterocycles. The van der Waals surface area contributed by atoms with Crippen molar-refractivity contribution in [3.05, 3.63) is 47.0 Å². The summed E-state index contributed by atoms with van der Waals surface area (Å²) >= 11 is 0. The second kappa shape index (κ2) is 5.74. The molecule has 0 saturated heterocycles. The molecule has 4 heteroatoms. The zero-order valence-corrected chi connectivity index (χ0v) is 9.92. The summed E-state index contributed by atoms with van der Waals surface area (Å²) in [4.78, 5) is 0. The maximum Gasteiger partial charge on any atom is 0.131 e. The van der Waals surface area contributed by atoms with Crippen molar-refractivity contribution in [3.63, 3.8) is 0 Å². The third kappa shape index (κ3) is 2.93. The normalized spacial score (nSPS) is 18.6. The van der Waals surface area contributed by atoms with Crippen LogP contribution in [0.15, 0.2) is 24.3 Å². The molecule has 0 fully saturated rings. The Balaban J connectivity index is 2.05. The standard InChI is InChI=1S/C14H14F2N2/c15-13-6-10(8-17)7-14(16)12(13)9-18-11-4-2-1-3-5-11/h1-2,6-7,11,18H,3-5,9H2. The van der Waals surface area contributed by atoms with Crippen molar-refractivity contribution < 1.29 is 8.78 Å². The van der Waals surface area contributed by atoms with E-state index in [1.54, 1.807) is 6.07 Å². The van der Waals surface area contributed by atoms with Crippen molar-refractivity contribution in [3.8, 4) is 6.07 Å². The van der Waals surface area contributed by atoms with E-state index in [0.717, 1.165) is 31.4 Å². The van der Waals surface area contributed by atoms with Crippen molar-refractivity contribution in [2.45, 2.75) is 31.8 Å². The van der Waals surface area contributed by atoms with Crippen LogP contribution in [0.5, 0.6) is 0 Å². The van der Waals surface area contributed by atoms with E-state index in [4.69, 9.17) is 5.26 Å². The second-order valence-corrected chi connectivity index (χ2v) is 4.39. The lowest BCUT2D eigenvalue weighted by molar-refractivity contribution is 0.454. The molecule has 2 nitrogen and oxygen atoms in total. The van der Waals surface area contributed by atoms with Gasteiger partial charge in [-0.3, -0.25) is 0 Å². The summed E-state index contributed by atoms with van der Waals surface area (Å²) in [7, 11) is 0. The molecule has 1 aromatic carbocycles. The fourth-order valence-corrected chi connectivity index (χ4v) is 2.06. The molecule has 0 amide bonds. The summed E-state index contributed by atoms with van der Waals surface area (Å²) in [6.45, 7) is 0.155.